The van der Waals surface area contributed by atoms with Crippen molar-refractivity contribution in [2.24, 2.45) is 0 Å². The summed E-state index contributed by atoms with van der Waals surface area (Å²) < 4.78 is 31.1. The second-order valence-corrected chi connectivity index (χ2v) is 4.34. The molecule has 1 heterocycles. The number of halogens is 3. The van der Waals surface area contributed by atoms with Crippen LogP contribution in [0.5, 0.6) is 0 Å². The van der Waals surface area contributed by atoms with Gasteiger partial charge in [-0.05, 0) is 25.1 Å². The lowest BCUT2D eigenvalue weighted by Crippen LogP contribution is -2.06. The first-order valence-electron chi connectivity index (χ1n) is 5.80. The molecule has 0 N–H and O–H groups in total. The van der Waals surface area contributed by atoms with Crippen molar-refractivity contribution < 1.29 is 18.3 Å². The van der Waals surface area contributed by atoms with Crippen LogP contribution in [0.3, 0.4) is 0 Å². The fraction of sp³-hybridized carbons (Fsp3) is 0.143. The number of rotatable bonds is 3. The molecule has 6 heteroatoms. The van der Waals surface area contributed by atoms with Gasteiger partial charge in [-0.3, -0.25) is 4.98 Å². The molecular weight excluding hydrogens is 288 g/mol. The maximum atomic E-state index is 13.1. The molecule has 0 fully saturated rings. The number of aromatic nitrogens is 1. The van der Waals surface area contributed by atoms with E-state index in [1.807, 2.05) is 0 Å². The van der Waals surface area contributed by atoms with Gasteiger partial charge >= 0.3 is 5.97 Å². The van der Waals surface area contributed by atoms with Gasteiger partial charge in [-0.1, -0.05) is 11.6 Å². The standard InChI is InChI=1S/C14H10ClF2NO2/c1-2-20-14(19)11-7-18-13(6-12(11)15)8-3-9(16)5-10(17)4-8/h3-7H,2H2,1H3. The first kappa shape index (κ1) is 14.4. The largest absolute Gasteiger partial charge is 0.462 e. The van der Waals surface area contributed by atoms with Crippen LogP contribution in [-0.2, 0) is 4.74 Å². The van der Waals surface area contributed by atoms with E-state index in [9.17, 15) is 13.6 Å². The minimum Gasteiger partial charge on any atom is -0.462 e. The molecule has 2 aromatic rings. The maximum Gasteiger partial charge on any atom is 0.341 e. The molecule has 0 saturated heterocycles. The Kier molecular flexibility index (Phi) is 4.29. The van der Waals surface area contributed by atoms with E-state index in [2.05, 4.69) is 4.98 Å². The molecule has 104 valence electrons. The van der Waals surface area contributed by atoms with Crippen LogP contribution in [-0.4, -0.2) is 17.6 Å². The van der Waals surface area contributed by atoms with E-state index >= 15 is 0 Å². The smallest absolute Gasteiger partial charge is 0.341 e. The number of esters is 1. The zero-order valence-electron chi connectivity index (χ0n) is 10.5. The highest BCUT2D eigenvalue weighted by Crippen LogP contribution is 2.25. The number of hydrogen-bond donors (Lipinski definition) is 0. The van der Waals surface area contributed by atoms with Gasteiger partial charge in [0, 0.05) is 17.8 Å². The zero-order chi connectivity index (χ0) is 14.7. The lowest BCUT2D eigenvalue weighted by atomic mass is 10.1. The van der Waals surface area contributed by atoms with E-state index in [0.717, 1.165) is 18.2 Å². The fourth-order valence-corrected chi connectivity index (χ4v) is 1.88. The summed E-state index contributed by atoms with van der Waals surface area (Å²) in [4.78, 5) is 15.5. The molecule has 0 aliphatic rings. The molecule has 0 unspecified atom stereocenters. The van der Waals surface area contributed by atoms with Gasteiger partial charge in [0.25, 0.3) is 0 Å². The van der Waals surface area contributed by atoms with E-state index in [1.165, 1.54) is 12.3 Å². The van der Waals surface area contributed by atoms with Gasteiger partial charge in [0.15, 0.2) is 0 Å². The van der Waals surface area contributed by atoms with E-state index in [1.54, 1.807) is 6.92 Å². The van der Waals surface area contributed by atoms with Gasteiger partial charge < -0.3 is 4.74 Å². The molecule has 2 rings (SSSR count). The summed E-state index contributed by atoms with van der Waals surface area (Å²) in [6.45, 7) is 1.88. The number of nitrogens with zero attached hydrogens (tertiary/aromatic N) is 1. The molecular formula is C14H10ClF2NO2. The average Bonchev–Trinajstić information content (AvgIpc) is 2.37. The topological polar surface area (TPSA) is 39.2 Å². The highest BCUT2D eigenvalue weighted by molar-refractivity contribution is 6.33. The average molecular weight is 298 g/mol. The summed E-state index contributed by atoms with van der Waals surface area (Å²) in [5, 5.41) is 0.109. The fourth-order valence-electron chi connectivity index (χ4n) is 1.65. The molecule has 0 bridgehead atoms. The van der Waals surface area contributed by atoms with Crippen LogP contribution < -0.4 is 0 Å². The summed E-state index contributed by atoms with van der Waals surface area (Å²) in [7, 11) is 0. The number of pyridine rings is 1. The second kappa shape index (κ2) is 5.96. The van der Waals surface area contributed by atoms with Crippen LogP contribution in [0.2, 0.25) is 5.02 Å². The van der Waals surface area contributed by atoms with Crippen molar-refractivity contribution in [1.82, 2.24) is 4.98 Å². The molecule has 0 aliphatic carbocycles. The van der Waals surface area contributed by atoms with E-state index < -0.39 is 17.6 Å². The summed E-state index contributed by atoms with van der Waals surface area (Å²) in [5.74, 6) is -2.03. The van der Waals surface area contributed by atoms with E-state index in [4.69, 9.17) is 16.3 Å². The number of ether oxygens (including phenoxy) is 1. The zero-order valence-corrected chi connectivity index (χ0v) is 11.2. The van der Waals surface area contributed by atoms with Crippen molar-refractivity contribution in [3.8, 4) is 11.3 Å². The molecule has 0 saturated carbocycles. The van der Waals surface area contributed by atoms with Crippen LogP contribution >= 0.6 is 11.6 Å². The quantitative estimate of drug-likeness (QED) is 0.808. The van der Waals surface area contributed by atoms with Gasteiger partial charge in [0.1, 0.15) is 11.6 Å². The van der Waals surface area contributed by atoms with Crippen LogP contribution in [0.4, 0.5) is 8.78 Å². The number of benzene rings is 1. The molecule has 0 radical (unpaired) electrons. The summed E-state index contributed by atoms with van der Waals surface area (Å²) >= 11 is 5.96. The Hall–Kier alpha value is -2.01. The SMILES string of the molecule is CCOC(=O)c1cnc(-c2cc(F)cc(F)c2)cc1Cl. The Morgan fingerprint density at radius 3 is 2.45 bits per heavy atom. The van der Waals surface area contributed by atoms with Gasteiger partial charge in [-0.25, -0.2) is 13.6 Å². The monoisotopic (exact) mass is 297 g/mol. The third-order valence-corrected chi connectivity index (χ3v) is 2.82. The number of hydrogen-bond acceptors (Lipinski definition) is 3. The molecule has 1 aromatic heterocycles. The van der Waals surface area contributed by atoms with Crippen LogP contribution in [0, 0.1) is 11.6 Å². The number of carbonyl (C=O) groups is 1. The maximum absolute atomic E-state index is 13.1. The first-order chi connectivity index (χ1) is 9.51. The van der Waals surface area contributed by atoms with Gasteiger partial charge in [0.05, 0.1) is 22.9 Å². The third kappa shape index (κ3) is 3.11. The Labute approximate surface area is 119 Å². The lowest BCUT2D eigenvalue weighted by molar-refractivity contribution is 0.0526. The number of carbonyl (C=O) groups excluding carboxylic acids is 1. The van der Waals surface area contributed by atoms with E-state index in [-0.39, 0.29) is 28.5 Å². The van der Waals surface area contributed by atoms with Crippen molar-refractivity contribution >= 4 is 17.6 Å². The van der Waals surface area contributed by atoms with Crippen LogP contribution in [0.15, 0.2) is 30.5 Å². The second-order valence-electron chi connectivity index (χ2n) is 3.93. The van der Waals surface area contributed by atoms with E-state index in [0.29, 0.717) is 0 Å². The summed E-state index contributed by atoms with van der Waals surface area (Å²) in [6.07, 6.45) is 1.22. The normalized spacial score (nSPS) is 10.4. The van der Waals surface area contributed by atoms with Gasteiger partial charge in [0.2, 0.25) is 0 Å². The van der Waals surface area contributed by atoms with Crippen molar-refractivity contribution in [3.63, 3.8) is 0 Å². The molecule has 0 amide bonds. The van der Waals surface area contributed by atoms with Crippen LogP contribution in [0.25, 0.3) is 11.3 Å². The Bertz CT molecular complexity index is 641. The van der Waals surface area contributed by atoms with Crippen molar-refractivity contribution in [3.05, 3.63) is 52.7 Å². The molecule has 0 atom stereocenters. The Balaban J connectivity index is 2.40. The predicted molar refractivity (Wildman–Crippen MR) is 70.6 cm³/mol. The highest BCUT2D eigenvalue weighted by atomic mass is 35.5. The molecule has 1 aromatic carbocycles. The first-order valence-corrected chi connectivity index (χ1v) is 6.18. The minimum atomic E-state index is -0.715. The van der Waals surface area contributed by atoms with Crippen LogP contribution in [0.1, 0.15) is 17.3 Å². The Morgan fingerprint density at radius 1 is 1.25 bits per heavy atom. The predicted octanol–water partition coefficient (Wildman–Crippen LogP) is 3.86. The molecule has 3 nitrogen and oxygen atoms in total. The van der Waals surface area contributed by atoms with Gasteiger partial charge in [-0.15, -0.1) is 0 Å². The van der Waals surface area contributed by atoms with Crippen molar-refractivity contribution in [2.75, 3.05) is 6.61 Å². The Morgan fingerprint density at radius 2 is 1.90 bits per heavy atom. The van der Waals surface area contributed by atoms with Gasteiger partial charge in [-0.2, -0.15) is 0 Å². The van der Waals surface area contributed by atoms with Crippen molar-refractivity contribution in [2.45, 2.75) is 6.92 Å². The highest BCUT2D eigenvalue weighted by Gasteiger charge is 2.14. The third-order valence-electron chi connectivity index (χ3n) is 2.51. The minimum absolute atomic E-state index is 0.106. The molecule has 0 aliphatic heterocycles. The molecule has 0 spiro atoms. The summed E-state index contributed by atoms with van der Waals surface area (Å²) in [5.41, 5.74) is 0.607. The molecule has 20 heavy (non-hydrogen) atoms. The lowest BCUT2D eigenvalue weighted by Gasteiger charge is -2.06. The summed E-state index contributed by atoms with van der Waals surface area (Å²) in [6, 6.07) is 4.39. The van der Waals surface area contributed by atoms with Crippen molar-refractivity contribution in [1.29, 1.82) is 0 Å².